The Morgan fingerprint density at radius 1 is 1.30 bits per heavy atom. The second-order valence-electron chi connectivity index (χ2n) is 2.68. The van der Waals surface area contributed by atoms with Gasteiger partial charge in [0.05, 0.1) is 0 Å². The molecule has 0 aliphatic carbocycles. The molecule has 0 spiro atoms. The molecular formula is C6H11BF3-. The first-order chi connectivity index (χ1) is 4.42. The molecule has 0 radical (unpaired) electrons. The van der Waals surface area contributed by atoms with Crippen LogP contribution in [0.2, 0.25) is 0 Å². The Kier molecular flexibility index (Phi) is 3.54. The summed E-state index contributed by atoms with van der Waals surface area (Å²) in [7, 11) is 0. The lowest BCUT2D eigenvalue weighted by Crippen LogP contribution is -2.09. The highest BCUT2D eigenvalue weighted by Crippen LogP contribution is 2.11. The topological polar surface area (TPSA) is 0 Å². The average molecular weight is 151 g/mol. The molecule has 0 atom stereocenters. The van der Waals surface area contributed by atoms with Gasteiger partial charge in [0.15, 0.2) is 0 Å². The van der Waals surface area contributed by atoms with E-state index < -0.39 is 6.98 Å². The molecule has 0 amide bonds. The van der Waals surface area contributed by atoms with Crippen LogP contribution in [0.4, 0.5) is 12.9 Å². The Balaban J connectivity index is 3.57. The first-order valence-corrected chi connectivity index (χ1v) is 3.29. The molecular weight excluding hydrogens is 140 g/mol. The van der Waals surface area contributed by atoms with Crippen molar-refractivity contribution in [1.82, 2.24) is 0 Å². The molecule has 0 bridgehead atoms. The van der Waals surface area contributed by atoms with E-state index in [0.29, 0.717) is 18.3 Å². The molecule has 4 heteroatoms. The van der Waals surface area contributed by atoms with E-state index in [2.05, 4.69) is 0 Å². The highest BCUT2D eigenvalue weighted by molar-refractivity contribution is 6.64. The molecule has 0 aromatic carbocycles. The van der Waals surface area contributed by atoms with Crippen molar-refractivity contribution in [3.05, 3.63) is 12.1 Å². The molecule has 0 N–H and O–H groups in total. The predicted octanol–water partition coefficient (Wildman–Crippen LogP) is 2.98. The predicted molar refractivity (Wildman–Crippen MR) is 37.7 cm³/mol. The van der Waals surface area contributed by atoms with Crippen LogP contribution in [-0.4, -0.2) is 6.98 Å². The average Bonchev–Trinajstić information content (AvgIpc) is 1.59. The summed E-state index contributed by atoms with van der Waals surface area (Å²) in [6, 6.07) is 0. The summed E-state index contributed by atoms with van der Waals surface area (Å²) in [6.45, 7) is -0.946. The van der Waals surface area contributed by atoms with E-state index in [1.54, 1.807) is 0 Å². The van der Waals surface area contributed by atoms with Gasteiger partial charge < -0.3 is 12.9 Å². The first kappa shape index (κ1) is 9.59. The Hall–Kier alpha value is -0.405. The third-order valence-electron chi connectivity index (χ3n) is 0.962. The lowest BCUT2D eigenvalue weighted by Gasteiger charge is -2.06. The van der Waals surface area contributed by atoms with Crippen LogP contribution in [0.25, 0.3) is 0 Å². The van der Waals surface area contributed by atoms with Gasteiger partial charge >= 0.3 is 6.98 Å². The number of rotatable bonds is 3. The molecule has 0 heterocycles. The zero-order chi connectivity index (χ0) is 8.20. The summed E-state index contributed by atoms with van der Waals surface area (Å²) < 4.78 is 34.4. The summed E-state index contributed by atoms with van der Waals surface area (Å²) in [5, 5.41) is 0. The smallest absolute Gasteiger partial charge is 0.445 e. The summed E-state index contributed by atoms with van der Waals surface area (Å²) in [4.78, 5) is 0. The summed E-state index contributed by atoms with van der Waals surface area (Å²) in [5.41, 5.74) is 0. The van der Waals surface area contributed by atoms with Crippen molar-refractivity contribution in [1.29, 1.82) is 0 Å². The number of hydrogen-bond donors (Lipinski definition) is 0. The summed E-state index contributed by atoms with van der Waals surface area (Å²) in [6.07, 6.45) is 1.69. The van der Waals surface area contributed by atoms with E-state index in [-0.39, 0.29) is 0 Å². The van der Waals surface area contributed by atoms with Crippen molar-refractivity contribution in [2.75, 3.05) is 0 Å². The summed E-state index contributed by atoms with van der Waals surface area (Å²) >= 11 is 0. The quantitative estimate of drug-likeness (QED) is 0.543. The van der Waals surface area contributed by atoms with Crippen LogP contribution < -0.4 is 0 Å². The van der Waals surface area contributed by atoms with Gasteiger partial charge in [-0.3, -0.25) is 0 Å². The van der Waals surface area contributed by atoms with Gasteiger partial charge in [0, 0.05) is 0 Å². The van der Waals surface area contributed by atoms with Crippen LogP contribution in [0.5, 0.6) is 0 Å². The minimum atomic E-state index is -4.71. The largest absolute Gasteiger partial charge is 0.502 e. The van der Waals surface area contributed by atoms with Crippen molar-refractivity contribution < 1.29 is 12.9 Å². The highest BCUT2D eigenvalue weighted by atomic mass is 19.4. The molecule has 0 saturated carbocycles. The van der Waals surface area contributed by atoms with Gasteiger partial charge in [-0.2, -0.15) is 0 Å². The molecule has 0 nitrogen and oxygen atoms in total. The SMILES string of the molecule is CC(C)C/C=C/[B-](F)(F)F. The Morgan fingerprint density at radius 2 is 1.80 bits per heavy atom. The molecule has 60 valence electrons. The monoisotopic (exact) mass is 151 g/mol. The minimum Gasteiger partial charge on any atom is -0.445 e. The standard InChI is InChI=1S/C6H11BF3/c1-6(2)4-3-5-7(8,9)10/h3,5-6H,4H2,1-2H3/q-1/b5-3+. The molecule has 0 aliphatic rings. The van der Waals surface area contributed by atoms with Gasteiger partial charge in [-0.25, -0.2) is 0 Å². The maximum Gasteiger partial charge on any atom is 0.502 e. The van der Waals surface area contributed by atoms with Gasteiger partial charge in [0.25, 0.3) is 0 Å². The van der Waals surface area contributed by atoms with Crippen LogP contribution in [0.3, 0.4) is 0 Å². The molecule has 0 fully saturated rings. The lowest BCUT2D eigenvalue weighted by molar-refractivity contribution is 0.497. The number of allylic oxidation sites excluding steroid dienone is 1. The van der Waals surface area contributed by atoms with Gasteiger partial charge in [-0.1, -0.05) is 13.8 Å². The van der Waals surface area contributed by atoms with E-state index in [0.717, 1.165) is 0 Å². The molecule has 10 heavy (non-hydrogen) atoms. The van der Waals surface area contributed by atoms with Crippen molar-refractivity contribution in [2.45, 2.75) is 20.3 Å². The minimum absolute atomic E-state index is 0.300. The third-order valence-corrected chi connectivity index (χ3v) is 0.962. The van der Waals surface area contributed by atoms with Crippen LogP contribution in [-0.2, 0) is 0 Å². The molecule has 0 aromatic heterocycles. The Bertz CT molecular complexity index is 115. The first-order valence-electron chi connectivity index (χ1n) is 3.29. The molecule has 0 rings (SSSR count). The molecule has 0 saturated heterocycles. The second-order valence-corrected chi connectivity index (χ2v) is 2.68. The van der Waals surface area contributed by atoms with Crippen molar-refractivity contribution in [3.8, 4) is 0 Å². The Morgan fingerprint density at radius 3 is 2.10 bits per heavy atom. The zero-order valence-corrected chi connectivity index (χ0v) is 6.15. The van der Waals surface area contributed by atoms with E-state index in [1.165, 1.54) is 6.08 Å². The van der Waals surface area contributed by atoms with Crippen molar-refractivity contribution >= 4 is 6.98 Å². The third kappa shape index (κ3) is 7.59. The maximum absolute atomic E-state index is 11.5. The molecule has 0 unspecified atom stereocenters. The van der Waals surface area contributed by atoms with Gasteiger partial charge in [0.2, 0.25) is 0 Å². The Labute approximate surface area is 59.2 Å². The zero-order valence-electron chi connectivity index (χ0n) is 6.15. The van der Waals surface area contributed by atoms with Gasteiger partial charge in [0.1, 0.15) is 0 Å². The van der Waals surface area contributed by atoms with Crippen LogP contribution in [0.1, 0.15) is 20.3 Å². The summed E-state index contributed by atoms with van der Waals surface area (Å²) in [5.74, 6) is 0.648. The van der Waals surface area contributed by atoms with E-state index in [9.17, 15) is 12.9 Å². The normalized spacial score (nSPS) is 13.4. The lowest BCUT2D eigenvalue weighted by atomic mass is 9.90. The van der Waals surface area contributed by atoms with E-state index in [4.69, 9.17) is 0 Å². The number of halogens is 3. The van der Waals surface area contributed by atoms with Crippen LogP contribution in [0, 0.1) is 5.92 Å². The van der Waals surface area contributed by atoms with E-state index in [1.807, 2.05) is 13.8 Å². The van der Waals surface area contributed by atoms with Crippen molar-refractivity contribution in [2.24, 2.45) is 5.92 Å². The highest BCUT2D eigenvalue weighted by Gasteiger charge is 2.16. The fourth-order valence-corrected chi connectivity index (χ4v) is 0.505. The van der Waals surface area contributed by atoms with Gasteiger partial charge in [-0.15, -0.1) is 12.1 Å². The second kappa shape index (κ2) is 3.69. The fraction of sp³-hybridized carbons (Fsp3) is 0.667. The molecule has 0 aliphatic heterocycles. The van der Waals surface area contributed by atoms with E-state index >= 15 is 0 Å². The van der Waals surface area contributed by atoms with Crippen LogP contribution >= 0.6 is 0 Å². The van der Waals surface area contributed by atoms with Crippen molar-refractivity contribution in [3.63, 3.8) is 0 Å². The fourth-order valence-electron chi connectivity index (χ4n) is 0.505. The van der Waals surface area contributed by atoms with Crippen LogP contribution in [0.15, 0.2) is 12.1 Å². The number of hydrogen-bond acceptors (Lipinski definition) is 0. The van der Waals surface area contributed by atoms with Gasteiger partial charge in [-0.05, 0) is 12.3 Å². The molecule has 0 aromatic rings. The maximum atomic E-state index is 11.5.